The van der Waals surface area contributed by atoms with Gasteiger partial charge in [0.1, 0.15) is 6.61 Å². The second-order valence-electron chi connectivity index (χ2n) is 5.20. The van der Waals surface area contributed by atoms with Crippen molar-refractivity contribution in [3.63, 3.8) is 0 Å². The largest absolute Gasteiger partial charge is 0.375 e. The summed E-state index contributed by atoms with van der Waals surface area (Å²) >= 11 is 0. The Balaban J connectivity index is 2.04. The van der Waals surface area contributed by atoms with Gasteiger partial charge in [-0.3, -0.25) is 19.7 Å². The van der Waals surface area contributed by atoms with Crippen LogP contribution in [0, 0.1) is 10.1 Å². The zero-order chi connectivity index (χ0) is 18.9. The van der Waals surface area contributed by atoms with E-state index < -0.39 is 10.8 Å². The van der Waals surface area contributed by atoms with Gasteiger partial charge in [-0.2, -0.15) is 0 Å². The fraction of sp³-hybridized carbons (Fsp3) is 0.111. The number of nitro groups is 1. The van der Waals surface area contributed by atoms with E-state index in [2.05, 4.69) is 10.6 Å². The predicted octanol–water partition coefficient (Wildman–Crippen LogP) is 2.83. The monoisotopic (exact) mass is 355 g/mol. The van der Waals surface area contributed by atoms with Crippen LogP contribution in [0.4, 0.5) is 17.1 Å². The van der Waals surface area contributed by atoms with Gasteiger partial charge < -0.3 is 15.4 Å². The Hall–Kier alpha value is -3.52. The van der Waals surface area contributed by atoms with E-state index in [1.807, 2.05) is 0 Å². The number of para-hydroxylation sites is 1. The van der Waals surface area contributed by atoms with Crippen molar-refractivity contribution in [3.05, 3.63) is 70.3 Å². The molecule has 2 rings (SSSR count). The molecule has 0 aliphatic heterocycles. The first-order valence-corrected chi connectivity index (χ1v) is 7.61. The van der Waals surface area contributed by atoms with Gasteiger partial charge in [-0.15, -0.1) is 0 Å². The molecule has 8 nitrogen and oxygen atoms in total. The standard InChI is InChI=1S/C18H17N3O5/c1-26-12-18(23)20-15-7-4-6-14(11-15)19-17(22)10-9-13-5-2-3-8-16(13)21(24)25/h2-11H,12H2,1H3,(H,19,22)(H,20,23)/b10-9+. The Morgan fingerprint density at radius 3 is 2.50 bits per heavy atom. The predicted molar refractivity (Wildman–Crippen MR) is 97.7 cm³/mol. The molecule has 0 fully saturated rings. The highest BCUT2D eigenvalue weighted by Gasteiger charge is 2.10. The van der Waals surface area contributed by atoms with Crippen molar-refractivity contribution < 1.29 is 19.2 Å². The third kappa shape index (κ3) is 5.53. The average molecular weight is 355 g/mol. The molecule has 0 aromatic heterocycles. The molecular weight excluding hydrogens is 338 g/mol. The Labute approximate surface area is 149 Å². The molecule has 0 unspecified atom stereocenters. The van der Waals surface area contributed by atoms with Crippen molar-refractivity contribution >= 4 is 35.0 Å². The highest BCUT2D eigenvalue weighted by Crippen LogP contribution is 2.19. The summed E-state index contributed by atoms with van der Waals surface area (Å²) in [6.07, 6.45) is 2.58. The number of benzene rings is 2. The zero-order valence-corrected chi connectivity index (χ0v) is 14.0. The van der Waals surface area contributed by atoms with Crippen LogP contribution in [-0.2, 0) is 14.3 Å². The molecule has 8 heteroatoms. The first-order chi connectivity index (χ1) is 12.5. The van der Waals surface area contributed by atoms with E-state index >= 15 is 0 Å². The number of hydrogen-bond acceptors (Lipinski definition) is 5. The van der Waals surface area contributed by atoms with E-state index in [-0.39, 0.29) is 18.2 Å². The molecule has 0 heterocycles. The number of nitrogens with one attached hydrogen (secondary N) is 2. The zero-order valence-electron chi connectivity index (χ0n) is 14.0. The van der Waals surface area contributed by atoms with Gasteiger partial charge >= 0.3 is 0 Å². The van der Waals surface area contributed by atoms with E-state index in [0.29, 0.717) is 16.9 Å². The molecule has 0 bridgehead atoms. The van der Waals surface area contributed by atoms with Crippen LogP contribution in [0.2, 0.25) is 0 Å². The Kier molecular flexibility index (Phi) is 6.58. The molecule has 2 amide bonds. The normalized spacial score (nSPS) is 10.5. The van der Waals surface area contributed by atoms with Crippen molar-refractivity contribution in [3.8, 4) is 0 Å². The number of carbonyl (C=O) groups excluding carboxylic acids is 2. The van der Waals surface area contributed by atoms with Gasteiger partial charge in [-0.1, -0.05) is 18.2 Å². The summed E-state index contributed by atoms with van der Waals surface area (Å²) in [5, 5.41) is 16.2. The minimum absolute atomic E-state index is 0.0742. The first kappa shape index (κ1) is 18.8. The second kappa shape index (κ2) is 9.09. The second-order valence-corrected chi connectivity index (χ2v) is 5.20. The summed E-state index contributed by atoms with van der Waals surface area (Å²) in [4.78, 5) is 34.0. The van der Waals surface area contributed by atoms with E-state index in [1.54, 1.807) is 42.5 Å². The third-order valence-corrected chi connectivity index (χ3v) is 3.24. The summed E-state index contributed by atoms with van der Waals surface area (Å²) in [5.74, 6) is -0.768. The molecule has 0 aliphatic carbocycles. The fourth-order valence-electron chi connectivity index (χ4n) is 2.15. The van der Waals surface area contributed by atoms with Crippen LogP contribution >= 0.6 is 0 Å². The molecule has 2 aromatic carbocycles. The van der Waals surface area contributed by atoms with Crippen LogP contribution in [-0.4, -0.2) is 30.5 Å². The van der Waals surface area contributed by atoms with Crippen molar-refractivity contribution in [1.29, 1.82) is 0 Å². The van der Waals surface area contributed by atoms with Gasteiger partial charge in [0.15, 0.2) is 0 Å². The lowest BCUT2D eigenvalue weighted by Gasteiger charge is -2.07. The molecule has 134 valence electrons. The number of rotatable bonds is 7. The summed E-state index contributed by atoms with van der Waals surface area (Å²) in [5.41, 5.74) is 1.22. The quantitative estimate of drug-likeness (QED) is 0.451. The van der Waals surface area contributed by atoms with E-state index in [1.165, 1.54) is 25.3 Å². The van der Waals surface area contributed by atoms with E-state index in [0.717, 1.165) is 0 Å². The minimum atomic E-state index is -0.510. The average Bonchev–Trinajstić information content (AvgIpc) is 2.60. The number of carbonyl (C=O) groups is 2. The van der Waals surface area contributed by atoms with E-state index in [4.69, 9.17) is 4.74 Å². The topological polar surface area (TPSA) is 111 Å². The van der Waals surface area contributed by atoms with Crippen molar-refractivity contribution in [2.24, 2.45) is 0 Å². The number of amides is 2. The molecule has 0 radical (unpaired) electrons. The molecule has 0 saturated heterocycles. The molecule has 0 saturated carbocycles. The van der Waals surface area contributed by atoms with Crippen LogP contribution in [0.1, 0.15) is 5.56 Å². The number of ether oxygens (including phenoxy) is 1. The van der Waals surface area contributed by atoms with Gasteiger partial charge in [-0.05, 0) is 30.3 Å². The summed E-state index contributed by atoms with van der Waals surface area (Å²) in [6, 6.07) is 12.7. The minimum Gasteiger partial charge on any atom is -0.375 e. The van der Waals surface area contributed by atoms with Gasteiger partial charge in [0.2, 0.25) is 11.8 Å². The van der Waals surface area contributed by atoms with E-state index in [9.17, 15) is 19.7 Å². The molecule has 2 N–H and O–H groups in total. The summed E-state index contributed by atoms with van der Waals surface area (Å²) in [7, 11) is 1.42. The lowest BCUT2D eigenvalue weighted by atomic mass is 10.1. The maximum absolute atomic E-state index is 12.0. The SMILES string of the molecule is COCC(=O)Nc1cccc(NC(=O)/C=C/c2ccccc2[N+](=O)[O-])c1. The van der Waals surface area contributed by atoms with Gasteiger partial charge in [0.05, 0.1) is 10.5 Å². The highest BCUT2D eigenvalue weighted by molar-refractivity contribution is 6.02. The summed E-state index contributed by atoms with van der Waals surface area (Å²) in [6.45, 7) is -0.0742. The van der Waals surface area contributed by atoms with Crippen LogP contribution in [0.3, 0.4) is 0 Å². The number of nitrogens with zero attached hydrogens (tertiary/aromatic N) is 1. The third-order valence-electron chi connectivity index (χ3n) is 3.24. The molecule has 0 atom stereocenters. The van der Waals surface area contributed by atoms with Crippen molar-refractivity contribution in [2.45, 2.75) is 0 Å². The first-order valence-electron chi connectivity index (χ1n) is 7.61. The van der Waals surface area contributed by atoms with Crippen LogP contribution in [0.25, 0.3) is 6.08 Å². The highest BCUT2D eigenvalue weighted by atomic mass is 16.6. The molecule has 2 aromatic rings. The smallest absolute Gasteiger partial charge is 0.276 e. The molecule has 0 aliphatic rings. The fourth-order valence-corrected chi connectivity index (χ4v) is 2.15. The maximum atomic E-state index is 12.0. The number of nitro benzene ring substituents is 1. The molecular formula is C18H17N3O5. The molecule has 0 spiro atoms. The lowest BCUT2D eigenvalue weighted by molar-refractivity contribution is -0.385. The maximum Gasteiger partial charge on any atom is 0.276 e. The molecule has 26 heavy (non-hydrogen) atoms. The lowest BCUT2D eigenvalue weighted by Crippen LogP contribution is -2.17. The van der Waals surface area contributed by atoms with Gasteiger partial charge in [0, 0.05) is 30.6 Å². The van der Waals surface area contributed by atoms with Gasteiger partial charge in [-0.25, -0.2) is 0 Å². The van der Waals surface area contributed by atoms with Crippen molar-refractivity contribution in [1.82, 2.24) is 0 Å². The van der Waals surface area contributed by atoms with Crippen LogP contribution < -0.4 is 10.6 Å². The summed E-state index contributed by atoms with van der Waals surface area (Å²) < 4.78 is 4.73. The van der Waals surface area contributed by atoms with Crippen LogP contribution in [0.5, 0.6) is 0 Å². The number of anilines is 2. The Bertz CT molecular complexity index is 848. The number of methoxy groups -OCH3 is 1. The Morgan fingerprint density at radius 1 is 1.12 bits per heavy atom. The Morgan fingerprint density at radius 2 is 1.81 bits per heavy atom. The van der Waals surface area contributed by atoms with Gasteiger partial charge in [0.25, 0.3) is 5.69 Å². The number of hydrogen-bond donors (Lipinski definition) is 2. The van der Waals surface area contributed by atoms with Crippen molar-refractivity contribution in [2.75, 3.05) is 24.4 Å². The van der Waals surface area contributed by atoms with Crippen LogP contribution in [0.15, 0.2) is 54.6 Å².